The Bertz CT molecular complexity index is 1380. The molecule has 4 aromatic rings. The summed E-state index contributed by atoms with van der Waals surface area (Å²) in [6.07, 6.45) is 2.06. The number of alkyl halides is 2. The quantitative estimate of drug-likeness (QED) is 0.335. The molecule has 0 bridgehead atoms. The summed E-state index contributed by atoms with van der Waals surface area (Å²) in [7, 11) is 0. The van der Waals surface area contributed by atoms with E-state index in [4.69, 9.17) is 4.74 Å². The molecule has 12 heteroatoms. The topological polar surface area (TPSA) is 105 Å². The van der Waals surface area contributed by atoms with Gasteiger partial charge in [-0.15, -0.1) is 0 Å². The monoisotopic (exact) mass is 525 g/mol. The van der Waals surface area contributed by atoms with Crippen LogP contribution in [-0.4, -0.2) is 62.3 Å². The maximum Gasteiger partial charge on any atom is 0.260 e. The van der Waals surface area contributed by atoms with Gasteiger partial charge in [0.05, 0.1) is 46.9 Å². The predicted octanol–water partition coefficient (Wildman–Crippen LogP) is 4.89. The van der Waals surface area contributed by atoms with Crippen molar-refractivity contribution in [1.29, 1.82) is 0 Å². The highest BCUT2D eigenvalue weighted by atomic mass is 32.1. The molecule has 1 saturated heterocycles. The van der Waals surface area contributed by atoms with E-state index < -0.39 is 6.43 Å². The van der Waals surface area contributed by atoms with Gasteiger partial charge in [0.15, 0.2) is 0 Å². The van der Waals surface area contributed by atoms with Gasteiger partial charge in [-0.1, -0.05) is 12.1 Å². The number of ether oxygens (including phenoxy) is 1. The van der Waals surface area contributed by atoms with Gasteiger partial charge in [-0.2, -0.15) is 4.37 Å². The number of para-hydroxylation sites is 2. The molecule has 0 aliphatic carbocycles. The maximum absolute atomic E-state index is 13.1. The summed E-state index contributed by atoms with van der Waals surface area (Å²) in [6, 6.07) is 10.9. The van der Waals surface area contributed by atoms with Gasteiger partial charge in [0, 0.05) is 19.2 Å². The number of nitrogens with zero attached hydrogens (tertiary/aromatic N) is 5. The average molecular weight is 526 g/mol. The molecule has 192 valence electrons. The normalized spacial score (nSPS) is 14.7. The van der Waals surface area contributed by atoms with E-state index in [1.54, 1.807) is 30.2 Å². The minimum Gasteiger partial charge on any atom is -0.474 e. The molecule has 9 nitrogen and oxygen atoms in total. The molecule has 1 aliphatic heterocycles. The van der Waals surface area contributed by atoms with E-state index in [-0.39, 0.29) is 18.6 Å². The second-order valence-electron chi connectivity index (χ2n) is 8.69. The number of carbonyl (C=O) groups excluding carboxylic acids is 1. The van der Waals surface area contributed by atoms with Crippen LogP contribution in [0.3, 0.4) is 0 Å². The van der Waals surface area contributed by atoms with Gasteiger partial charge in [0.25, 0.3) is 12.3 Å². The van der Waals surface area contributed by atoms with Gasteiger partial charge in [0.1, 0.15) is 16.9 Å². The number of carbonyl (C=O) groups is 1. The molecule has 37 heavy (non-hydrogen) atoms. The zero-order valence-corrected chi connectivity index (χ0v) is 20.8. The Balaban J connectivity index is 1.20. The van der Waals surface area contributed by atoms with Crippen LogP contribution in [0.15, 0.2) is 48.8 Å². The Labute approximate surface area is 216 Å². The third-order valence-corrected chi connectivity index (χ3v) is 6.85. The van der Waals surface area contributed by atoms with Crippen molar-refractivity contribution in [2.45, 2.75) is 32.3 Å². The SMILES string of the molecule is Cc1nsc(Nc2cnc3ccccc3n2)c1C(=O)Nc1ccc(OC2CCN(CC(F)F)CC2)nc1. The first-order chi connectivity index (χ1) is 17.9. The molecule has 0 spiro atoms. The van der Waals surface area contributed by atoms with Crippen LogP contribution in [0.25, 0.3) is 11.0 Å². The molecule has 1 aromatic carbocycles. The van der Waals surface area contributed by atoms with Crippen LogP contribution in [0.1, 0.15) is 28.9 Å². The van der Waals surface area contributed by atoms with Crippen molar-refractivity contribution in [3.05, 3.63) is 60.0 Å². The molecule has 1 amide bonds. The molecule has 2 N–H and O–H groups in total. The first kappa shape index (κ1) is 24.9. The van der Waals surface area contributed by atoms with Gasteiger partial charge in [-0.25, -0.2) is 18.7 Å². The molecule has 0 saturated carbocycles. The third kappa shape index (κ3) is 6.15. The average Bonchev–Trinajstić information content (AvgIpc) is 3.25. The van der Waals surface area contributed by atoms with Crippen LogP contribution in [0.4, 0.5) is 25.3 Å². The summed E-state index contributed by atoms with van der Waals surface area (Å²) in [5, 5.41) is 6.57. The van der Waals surface area contributed by atoms with Gasteiger partial charge in [0.2, 0.25) is 5.88 Å². The van der Waals surface area contributed by atoms with Crippen LogP contribution in [0, 0.1) is 6.92 Å². The smallest absolute Gasteiger partial charge is 0.260 e. The second kappa shape index (κ2) is 11.1. The van der Waals surface area contributed by atoms with Crippen molar-refractivity contribution >= 4 is 45.0 Å². The molecular formula is C25H25F2N7O2S. The minimum absolute atomic E-state index is 0.0757. The van der Waals surface area contributed by atoms with Crippen molar-refractivity contribution in [1.82, 2.24) is 24.2 Å². The van der Waals surface area contributed by atoms with E-state index in [1.807, 2.05) is 24.3 Å². The fourth-order valence-electron chi connectivity index (χ4n) is 4.15. The van der Waals surface area contributed by atoms with Crippen LogP contribution < -0.4 is 15.4 Å². The van der Waals surface area contributed by atoms with E-state index in [9.17, 15) is 13.6 Å². The van der Waals surface area contributed by atoms with E-state index in [0.29, 0.717) is 59.6 Å². The minimum atomic E-state index is -2.32. The number of rotatable bonds is 8. The Hall–Kier alpha value is -3.77. The van der Waals surface area contributed by atoms with E-state index >= 15 is 0 Å². The van der Waals surface area contributed by atoms with Crippen LogP contribution >= 0.6 is 11.5 Å². The lowest BCUT2D eigenvalue weighted by molar-refractivity contribution is 0.0465. The Morgan fingerprint density at radius 2 is 1.92 bits per heavy atom. The van der Waals surface area contributed by atoms with Crippen LogP contribution in [0.5, 0.6) is 5.88 Å². The molecule has 1 fully saturated rings. The number of hydrogen-bond acceptors (Lipinski definition) is 9. The Morgan fingerprint density at radius 1 is 1.14 bits per heavy atom. The van der Waals surface area contributed by atoms with E-state index in [0.717, 1.165) is 11.0 Å². The number of piperidine rings is 1. The number of halogens is 2. The molecule has 1 aliphatic rings. The van der Waals surface area contributed by atoms with Crippen molar-refractivity contribution in [3.63, 3.8) is 0 Å². The fraction of sp³-hybridized carbons (Fsp3) is 0.320. The van der Waals surface area contributed by atoms with Crippen molar-refractivity contribution in [2.75, 3.05) is 30.3 Å². The number of aryl methyl sites for hydroxylation is 1. The summed E-state index contributed by atoms with van der Waals surface area (Å²) in [4.78, 5) is 28.1. The number of anilines is 3. The number of fused-ring (bicyclic) bond motifs is 1. The summed E-state index contributed by atoms with van der Waals surface area (Å²) in [6.45, 7) is 2.70. The highest BCUT2D eigenvalue weighted by molar-refractivity contribution is 7.10. The standard InChI is InChI=1S/C25H25F2N7O2S/c1-15-23(25(37-33-15)32-21-13-28-18-4-2-3-5-19(18)31-21)24(35)30-16-6-7-22(29-12-16)36-17-8-10-34(11-9-17)14-20(26)27/h2-7,12-13,17,20H,8-11,14H2,1H3,(H,30,35)(H,31,32). The van der Waals surface area contributed by atoms with Gasteiger partial charge in [-0.05, 0) is 49.5 Å². The molecule has 5 rings (SSSR count). The highest BCUT2D eigenvalue weighted by Gasteiger charge is 2.23. The predicted molar refractivity (Wildman–Crippen MR) is 138 cm³/mol. The Kier molecular flexibility index (Phi) is 7.47. The summed E-state index contributed by atoms with van der Waals surface area (Å²) >= 11 is 1.17. The maximum atomic E-state index is 13.1. The lowest BCUT2D eigenvalue weighted by Crippen LogP contribution is -2.40. The zero-order chi connectivity index (χ0) is 25.8. The molecule has 0 radical (unpaired) electrons. The first-order valence-electron chi connectivity index (χ1n) is 11.8. The first-order valence-corrected chi connectivity index (χ1v) is 12.6. The zero-order valence-electron chi connectivity index (χ0n) is 20.0. The van der Waals surface area contributed by atoms with Gasteiger partial charge >= 0.3 is 0 Å². The van der Waals surface area contributed by atoms with E-state index in [1.165, 1.54) is 17.7 Å². The molecule has 4 heterocycles. The van der Waals surface area contributed by atoms with Gasteiger partial charge < -0.3 is 15.4 Å². The molecule has 3 aromatic heterocycles. The largest absolute Gasteiger partial charge is 0.474 e. The number of aromatic nitrogens is 4. The van der Waals surface area contributed by atoms with E-state index in [2.05, 4.69) is 30.0 Å². The highest BCUT2D eigenvalue weighted by Crippen LogP contribution is 2.29. The lowest BCUT2D eigenvalue weighted by Gasteiger charge is -2.31. The van der Waals surface area contributed by atoms with Gasteiger partial charge in [-0.3, -0.25) is 14.7 Å². The van der Waals surface area contributed by atoms with Crippen molar-refractivity contribution in [3.8, 4) is 5.88 Å². The fourth-order valence-corrected chi connectivity index (χ4v) is 4.95. The summed E-state index contributed by atoms with van der Waals surface area (Å²) in [5.74, 6) is 0.611. The van der Waals surface area contributed by atoms with Crippen molar-refractivity contribution in [2.24, 2.45) is 0 Å². The number of pyridine rings is 1. The lowest BCUT2D eigenvalue weighted by atomic mass is 10.1. The third-order valence-electron chi connectivity index (χ3n) is 5.99. The summed E-state index contributed by atoms with van der Waals surface area (Å²) < 4.78 is 35.3. The molecular weight excluding hydrogens is 500 g/mol. The number of likely N-dealkylation sites (tertiary alicyclic amines) is 1. The van der Waals surface area contributed by atoms with Crippen LogP contribution in [-0.2, 0) is 0 Å². The summed E-state index contributed by atoms with van der Waals surface area (Å²) in [5.41, 5.74) is 3.03. The molecule has 0 unspecified atom stereocenters. The van der Waals surface area contributed by atoms with Crippen LogP contribution in [0.2, 0.25) is 0 Å². The Morgan fingerprint density at radius 3 is 2.65 bits per heavy atom. The van der Waals surface area contributed by atoms with Crippen molar-refractivity contribution < 1.29 is 18.3 Å². The second-order valence-corrected chi connectivity index (χ2v) is 9.46. The number of benzene rings is 1. The molecule has 0 atom stereocenters. The number of amides is 1. The number of hydrogen-bond donors (Lipinski definition) is 2. The number of nitrogens with one attached hydrogen (secondary N) is 2.